The first-order valence-corrected chi connectivity index (χ1v) is 8.79. The maximum absolute atomic E-state index is 5.24. The Bertz CT molecular complexity index is 879. The van der Waals surface area contributed by atoms with Crippen molar-refractivity contribution in [2.24, 2.45) is 4.99 Å². The van der Waals surface area contributed by atoms with Crippen molar-refractivity contribution in [3.05, 3.63) is 75.1 Å². The van der Waals surface area contributed by atoms with Crippen LogP contribution in [0, 0.1) is 17.4 Å². The zero-order chi connectivity index (χ0) is 17.1. The minimum atomic E-state index is 0.855. The molecule has 122 valence electrons. The number of methoxy groups -OCH3 is 1. The molecule has 3 rings (SSSR count). The van der Waals surface area contributed by atoms with Crippen LogP contribution in [0.1, 0.15) is 17.0 Å². The van der Waals surface area contributed by atoms with Gasteiger partial charge in [-0.05, 0) is 96.6 Å². The number of nitrogens with zero attached hydrogens (tertiary/aromatic N) is 2. The van der Waals surface area contributed by atoms with E-state index in [0.29, 0.717) is 0 Å². The monoisotopic (exact) mass is 430 g/mol. The molecule has 1 aromatic heterocycles. The summed E-state index contributed by atoms with van der Waals surface area (Å²) in [5, 5.41) is 0. The van der Waals surface area contributed by atoms with E-state index in [2.05, 4.69) is 82.4 Å². The predicted octanol–water partition coefficient (Wildman–Crippen LogP) is 5.46. The molecule has 0 aliphatic rings. The Hall–Kier alpha value is -2.08. The third-order valence-corrected chi connectivity index (χ3v) is 5.13. The SMILES string of the molecule is COc1ccc(-n2c(C)ccc2C=Nc2ccc(I)c(C)c2)cc1. The van der Waals surface area contributed by atoms with E-state index in [4.69, 9.17) is 4.74 Å². The topological polar surface area (TPSA) is 26.5 Å². The molecule has 0 unspecified atom stereocenters. The molecule has 0 aliphatic heterocycles. The van der Waals surface area contributed by atoms with Crippen LogP contribution in [0.2, 0.25) is 0 Å². The summed E-state index contributed by atoms with van der Waals surface area (Å²) in [6, 6.07) is 18.5. The van der Waals surface area contributed by atoms with Crippen LogP contribution < -0.4 is 4.74 Å². The van der Waals surface area contributed by atoms with Crippen molar-refractivity contribution in [3.8, 4) is 11.4 Å². The molecule has 0 bridgehead atoms. The molecule has 3 nitrogen and oxygen atoms in total. The second kappa shape index (κ2) is 7.21. The molecular weight excluding hydrogens is 411 g/mol. The lowest BCUT2D eigenvalue weighted by Gasteiger charge is -2.10. The van der Waals surface area contributed by atoms with Crippen LogP contribution in [0.4, 0.5) is 5.69 Å². The van der Waals surface area contributed by atoms with Gasteiger partial charge in [-0.15, -0.1) is 0 Å². The Labute approximate surface area is 156 Å². The van der Waals surface area contributed by atoms with E-state index >= 15 is 0 Å². The molecule has 0 atom stereocenters. The van der Waals surface area contributed by atoms with E-state index in [0.717, 1.165) is 22.8 Å². The number of hydrogen-bond donors (Lipinski definition) is 0. The molecule has 0 spiro atoms. The van der Waals surface area contributed by atoms with Gasteiger partial charge in [0, 0.05) is 15.0 Å². The van der Waals surface area contributed by atoms with Crippen molar-refractivity contribution in [3.63, 3.8) is 0 Å². The molecule has 0 saturated heterocycles. The summed E-state index contributed by atoms with van der Waals surface area (Å²) in [6.07, 6.45) is 1.92. The molecule has 24 heavy (non-hydrogen) atoms. The van der Waals surface area contributed by atoms with E-state index in [1.54, 1.807) is 7.11 Å². The second-order valence-corrected chi connectivity index (χ2v) is 6.79. The van der Waals surface area contributed by atoms with Crippen molar-refractivity contribution in [1.29, 1.82) is 0 Å². The number of halogens is 1. The molecule has 0 aliphatic carbocycles. The van der Waals surface area contributed by atoms with Crippen molar-refractivity contribution in [2.75, 3.05) is 7.11 Å². The first-order valence-electron chi connectivity index (χ1n) is 7.71. The van der Waals surface area contributed by atoms with Gasteiger partial charge in [-0.1, -0.05) is 0 Å². The highest BCUT2D eigenvalue weighted by Crippen LogP contribution is 2.21. The zero-order valence-electron chi connectivity index (χ0n) is 14.0. The molecule has 0 fully saturated rings. The van der Waals surface area contributed by atoms with Gasteiger partial charge in [0.25, 0.3) is 0 Å². The van der Waals surface area contributed by atoms with Gasteiger partial charge >= 0.3 is 0 Å². The fraction of sp³-hybridized carbons (Fsp3) is 0.150. The largest absolute Gasteiger partial charge is 0.497 e. The summed E-state index contributed by atoms with van der Waals surface area (Å²) in [7, 11) is 1.68. The quantitative estimate of drug-likeness (QED) is 0.399. The highest BCUT2D eigenvalue weighted by Gasteiger charge is 2.06. The number of hydrogen-bond acceptors (Lipinski definition) is 2. The van der Waals surface area contributed by atoms with Crippen LogP contribution >= 0.6 is 22.6 Å². The Kier molecular flexibility index (Phi) is 5.04. The van der Waals surface area contributed by atoms with Gasteiger partial charge in [0.15, 0.2) is 0 Å². The van der Waals surface area contributed by atoms with Gasteiger partial charge in [0.05, 0.1) is 24.7 Å². The van der Waals surface area contributed by atoms with E-state index in [1.807, 2.05) is 24.4 Å². The maximum Gasteiger partial charge on any atom is 0.119 e. The lowest BCUT2D eigenvalue weighted by molar-refractivity contribution is 0.414. The summed E-state index contributed by atoms with van der Waals surface area (Å²) in [6.45, 7) is 4.20. The molecular formula is C20H19IN2O. The molecule has 0 amide bonds. The molecule has 4 heteroatoms. The first-order chi connectivity index (χ1) is 11.6. The maximum atomic E-state index is 5.24. The molecule has 0 saturated carbocycles. The van der Waals surface area contributed by atoms with Gasteiger partial charge in [0.1, 0.15) is 5.75 Å². The zero-order valence-corrected chi connectivity index (χ0v) is 16.1. The summed E-state index contributed by atoms with van der Waals surface area (Å²) in [5.74, 6) is 0.855. The third-order valence-electron chi connectivity index (χ3n) is 3.92. The average molecular weight is 430 g/mol. The van der Waals surface area contributed by atoms with Gasteiger partial charge in [-0.25, -0.2) is 0 Å². The third kappa shape index (κ3) is 3.53. The second-order valence-electron chi connectivity index (χ2n) is 5.62. The van der Waals surface area contributed by atoms with Crippen LogP contribution in [-0.2, 0) is 0 Å². The predicted molar refractivity (Wildman–Crippen MR) is 108 cm³/mol. The Balaban J connectivity index is 1.94. The Morgan fingerprint density at radius 3 is 2.42 bits per heavy atom. The van der Waals surface area contributed by atoms with Crippen molar-refractivity contribution >= 4 is 34.5 Å². The number of aliphatic imine (C=N–C) groups is 1. The number of aromatic nitrogens is 1. The van der Waals surface area contributed by atoms with Gasteiger partial charge < -0.3 is 9.30 Å². The standard InChI is InChI=1S/C20H19IN2O/c1-14-12-16(5-11-20(14)21)22-13-18-6-4-15(2)23(18)17-7-9-19(24-3)10-8-17/h4-13H,1-3H3. The molecule has 0 N–H and O–H groups in total. The van der Waals surface area contributed by atoms with E-state index in [-0.39, 0.29) is 0 Å². The van der Waals surface area contributed by atoms with Crippen LogP contribution in [0.3, 0.4) is 0 Å². The van der Waals surface area contributed by atoms with Crippen LogP contribution in [0.5, 0.6) is 5.75 Å². The molecule has 0 radical (unpaired) electrons. The normalized spacial score (nSPS) is 11.2. The minimum absolute atomic E-state index is 0.855. The number of benzene rings is 2. The van der Waals surface area contributed by atoms with Crippen molar-refractivity contribution in [2.45, 2.75) is 13.8 Å². The smallest absolute Gasteiger partial charge is 0.119 e. The minimum Gasteiger partial charge on any atom is -0.497 e. The van der Waals surface area contributed by atoms with E-state index < -0.39 is 0 Å². The fourth-order valence-electron chi connectivity index (χ4n) is 2.59. The highest BCUT2D eigenvalue weighted by atomic mass is 127. The van der Waals surface area contributed by atoms with Crippen LogP contribution in [0.25, 0.3) is 5.69 Å². The molecule has 1 heterocycles. The molecule has 2 aromatic carbocycles. The van der Waals surface area contributed by atoms with Crippen LogP contribution in [-0.4, -0.2) is 17.9 Å². The summed E-state index contributed by atoms with van der Waals surface area (Å²) < 4.78 is 8.67. The fourth-order valence-corrected chi connectivity index (χ4v) is 2.93. The van der Waals surface area contributed by atoms with E-state index in [9.17, 15) is 0 Å². The van der Waals surface area contributed by atoms with Crippen molar-refractivity contribution in [1.82, 2.24) is 4.57 Å². The van der Waals surface area contributed by atoms with Crippen LogP contribution in [0.15, 0.2) is 59.6 Å². The van der Waals surface area contributed by atoms with Gasteiger partial charge in [-0.3, -0.25) is 4.99 Å². The lowest BCUT2D eigenvalue weighted by Crippen LogP contribution is -2.01. The average Bonchev–Trinajstić information content (AvgIpc) is 2.97. The number of ether oxygens (including phenoxy) is 1. The summed E-state index contributed by atoms with van der Waals surface area (Å²) in [5.41, 5.74) is 5.52. The summed E-state index contributed by atoms with van der Waals surface area (Å²) in [4.78, 5) is 4.64. The Morgan fingerprint density at radius 2 is 1.75 bits per heavy atom. The van der Waals surface area contributed by atoms with Gasteiger partial charge in [0.2, 0.25) is 0 Å². The first kappa shape index (κ1) is 16.8. The molecule has 3 aromatic rings. The van der Waals surface area contributed by atoms with Gasteiger partial charge in [-0.2, -0.15) is 0 Å². The number of rotatable bonds is 4. The lowest BCUT2D eigenvalue weighted by atomic mass is 10.2. The van der Waals surface area contributed by atoms with Crippen molar-refractivity contribution < 1.29 is 4.74 Å². The van der Waals surface area contributed by atoms with E-state index in [1.165, 1.54) is 14.8 Å². The highest BCUT2D eigenvalue weighted by molar-refractivity contribution is 14.1. The Morgan fingerprint density at radius 1 is 1.00 bits per heavy atom. The summed E-state index contributed by atoms with van der Waals surface area (Å²) >= 11 is 2.34. The number of aryl methyl sites for hydroxylation is 2.